The van der Waals surface area contributed by atoms with Crippen molar-refractivity contribution in [3.05, 3.63) is 12.2 Å². The van der Waals surface area contributed by atoms with Crippen molar-refractivity contribution in [1.82, 2.24) is 0 Å². The van der Waals surface area contributed by atoms with Gasteiger partial charge in [-0.25, -0.2) is 4.79 Å². The van der Waals surface area contributed by atoms with E-state index in [1.807, 2.05) is 12.2 Å². The fourth-order valence-electron chi connectivity index (χ4n) is 1.55. The summed E-state index contributed by atoms with van der Waals surface area (Å²) in [4.78, 5) is 10.4. The minimum absolute atomic E-state index is 0.0751. The highest BCUT2D eigenvalue weighted by molar-refractivity contribution is 5.73. The van der Waals surface area contributed by atoms with Gasteiger partial charge in [0.05, 0.1) is 6.10 Å². The van der Waals surface area contributed by atoms with E-state index in [4.69, 9.17) is 9.84 Å². The molecule has 3 unspecified atom stereocenters. The Labute approximate surface area is 58.3 Å². The highest BCUT2D eigenvalue weighted by atomic mass is 16.5. The van der Waals surface area contributed by atoms with Crippen LogP contribution < -0.4 is 0 Å². The molecule has 0 amide bonds. The topological polar surface area (TPSA) is 46.5 Å². The molecule has 0 saturated carbocycles. The molecule has 1 aliphatic carbocycles. The van der Waals surface area contributed by atoms with Gasteiger partial charge in [-0.15, -0.1) is 0 Å². The number of ether oxygens (including phenoxy) is 1. The first-order valence-electron chi connectivity index (χ1n) is 3.34. The monoisotopic (exact) mass is 140 g/mol. The Hall–Kier alpha value is -0.830. The molecule has 0 aromatic heterocycles. The van der Waals surface area contributed by atoms with E-state index in [1.54, 1.807) is 0 Å². The summed E-state index contributed by atoms with van der Waals surface area (Å²) in [6.45, 7) is 0. The van der Waals surface area contributed by atoms with Crippen LogP contribution in [0.25, 0.3) is 0 Å². The van der Waals surface area contributed by atoms with Gasteiger partial charge in [0, 0.05) is 5.92 Å². The lowest BCUT2D eigenvalue weighted by molar-refractivity contribution is -0.150. The van der Waals surface area contributed by atoms with Crippen molar-refractivity contribution in [2.24, 2.45) is 5.92 Å². The second kappa shape index (κ2) is 1.83. The SMILES string of the molecule is O=C(O)C1OC2C=CC1C2. The van der Waals surface area contributed by atoms with Crippen molar-refractivity contribution >= 4 is 5.97 Å². The highest BCUT2D eigenvalue weighted by Crippen LogP contribution is 2.34. The van der Waals surface area contributed by atoms with Crippen molar-refractivity contribution in [3.63, 3.8) is 0 Å². The van der Waals surface area contributed by atoms with Crippen LogP contribution in [0.2, 0.25) is 0 Å². The highest BCUT2D eigenvalue weighted by Gasteiger charge is 2.40. The van der Waals surface area contributed by atoms with Crippen LogP contribution >= 0.6 is 0 Å². The van der Waals surface area contributed by atoms with Crippen LogP contribution in [-0.2, 0) is 9.53 Å². The van der Waals surface area contributed by atoms with Crippen molar-refractivity contribution in [1.29, 1.82) is 0 Å². The molecule has 3 nitrogen and oxygen atoms in total. The number of carboxylic acid groups (broad SMARTS) is 1. The summed E-state index contributed by atoms with van der Waals surface area (Å²) in [5, 5.41) is 8.58. The van der Waals surface area contributed by atoms with E-state index in [1.165, 1.54) is 0 Å². The summed E-state index contributed by atoms with van der Waals surface area (Å²) in [6.07, 6.45) is 4.23. The number of carbonyl (C=O) groups is 1. The van der Waals surface area contributed by atoms with Gasteiger partial charge in [0.2, 0.25) is 0 Å². The second-order valence-corrected chi connectivity index (χ2v) is 2.72. The Bertz CT molecular complexity index is 197. The first-order valence-corrected chi connectivity index (χ1v) is 3.34. The molecule has 2 rings (SSSR count). The van der Waals surface area contributed by atoms with E-state index in [9.17, 15) is 4.79 Å². The van der Waals surface area contributed by atoms with Gasteiger partial charge >= 0.3 is 5.97 Å². The predicted octanol–water partition coefficient (Wildman–Crippen LogP) is 0.414. The molecule has 10 heavy (non-hydrogen) atoms. The van der Waals surface area contributed by atoms with E-state index in [-0.39, 0.29) is 12.0 Å². The Balaban J connectivity index is 2.16. The molecule has 3 atom stereocenters. The molecule has 2 bridgehead atoms. The lowest BCUT2D eigenvalue weighted by Crippen LogP contribution is -2.27. The number of fused-ring (bicyclic) bond motifs is 2. The van der Waals surface area contributed by atoms with E-state index >= 15 is 0 Å². The molecule has 0 aromatic carbocycles. The number of carboxylic acids is 1. The number of aliphatic carboxylic acids is 1. The van der Waals surface area contributed by atoms with Crippen LogP contribution in [0.3, 0.4) is 0 Å². The zero-order valence-electron chi connectivity index (χ0n) is 5.36. The zero-order chi connectivity index (χ0) is 7.14. The Morgan fingerprint density at radius 1 is 1.60 bits per heavy atom. The zero-order valence-corrected chi connectivity index (χ0v) is 5.36. The minimum Gasteiger partial charge on any atom is -0.479 e. The second-order valence-electron chi connectivity index (χ2n) is 2.72. The summed E-state index contributed by atoms with van der Waals surface area (Å²) in [5.74, 6) is -0.709. The van der Waals surface area contributed by atoms with Gasteiger partial charge in [-0.05, 0) is 6.42 Å². The Morgan fingerprint density at radius 2 is 2.40 bits per heavy atom. The van der Waals surface area contributed by atoms with Gasteiger partial charge in [0.25, 0.3) is 0 Å². The summed E-state index contributed by atoms with van der Waals surface area (Å²) >= 11 is 0. The maximum absolute atomic E-state index is 10.4. The molecule has 0 spiro atoms. The average molecular weight is 140 g/mol. The molecular formula is C7H8O3. The van der Waals surface area contributed by atoms with Gasteiger partial charge in [0.15, 0.2) is 6.10 Å². The molecule has 1 aliphatic heterocycles. The first kappa shape index (κ1) is 5.92. The molecule has 1 N–H and O–H groups in total. The molecule has 0 radical (unpaired) electrons. The van der Waals surface area contributed by atoms with E-state index in [2.05, 4.69) is 0 Å². The third kappa shape index (κ3) is 0.671. The normalized spacial score (nSPS) is 42.6. The molecule has 1 saturated heterocycles. The van der Waals surface area contributed by atoms with Crippen molar-refractivity contribution in [3.8, 4) is 0 Å². The number of hydrogen-bond acceptors (Lipinski definition) is 2. The van der Waals surface area contributed by atoms with Crippen molar-refractivity contribution in [2.75, 3.05) is 0 Å². The van der Waals surface area contributed by atoms with Gasteiger partial charge in [-0.3, -0.25) is 0 Å². The summed E-state index contributed by atoms with van der Waals surface area (Å²) in [5.41, 5.74) is 0. The standard InChI is InChI=1S/C7H8O3/c8-7(9)6-4-1-2-5(3-4)10-6/h1-2,4-6H,3H2,(H,8,9). The van der Waals surface area contributed by atoms with Gasteiger partial charge in [-0.1, -0.05) is 12.2 Å². The molecular weight excluding hydrogens is 132 g/mol. The van der Waals surface area contributed by atoms with Crippen LogP contribution in [0.5, 0.6) is 0 Å². The molecule has 0 aromatic rings. The summed E-state index contributed by atoms with van der Waals surface area (Å²) < 4.78 is 5.14. The lowest BCUT2D eigenvalue weighted by Gasteiger charge is -2.12. The Morgan fingerprint density at radius 3 is 2.70 bits per heavy atom. The average Bonchev–Trinajstić information content (AvgIpc) is 2.44. The van der Waals surface area contributed by atoms with E-state index in [0.29, 0.717) is 0 Å². The largest absolute Gasteiger partial charge is 0.479 e. The van der Waals surface area contributed by atoms with E-state index in [0.717, 1.165) is 6.42 Å². The lowest BCUT2D eigenvalue weighted by atomic mass is 10.1. The van der Waals surface area contributed by atoms with Gasteiger partial charge < -0.3 is 9.84 Å². The molecule has 54 valence electrons. The van der Waals surface area contributed by atoms with Crippen LogP contribution in [0.15, 0.2) is 12.2 Å². The van der Waals surface area contributed by atoms with Gasteiger partial charge in [0.1, 0.15) is 0 Å². The predicted molar refractivity (Wildman–Crippen MR) is 33.5 cm³/mol. The maximum atomic E-state index is 10.4. The minimum atomic E-state index is -0.836. The Kier molecular flexibility index (Phi) is 1.08. The maximum Gasteiger partial charge on any atom is 0.333 e. The van der Waals surface area contributed by atoms with Crippen LogP contribution in [-0.4, -0.2) is 23.3 Å². The molecule has 1 heterocycles. The summed E-state index contributed by atoms with van der Waals surface area (Å²) in [6, 6.07) is 0. The van der Waals surface area contributed by atoms with Gasteiger partial charge in [-0.2, -0.15) is 0 Å². The molecule has 1 fully saturated rings. The third-order valence-corrected chi connectivity index (χ3v) is 2.03. The number of rotatable bonds is 1. The molecule has 3 heteroatoms. The van der Waals surface area contributed by atoms with Crippen molar-refractivity contribution < 1.29 is 14.6 Å². The fourth-order valence-corrected chi connectivity index (χ4v) is 1.55. The van der Waals surface area contributed by atoms with E-state index < -0.39 is 12.1 Å². The van der Waals surface area contributed by atoms with Crippen molar-refractivity contribution in [2.45, 2.75) is 18.6 Å². The van der Waals surface area contributed by atoms with Crippen LogP contribution in [0.4, 0.5) is 0 Å². The first-order chi connectivity index (χ1) is 4.77. The smallest absolute Gasteiger partial charge is 0.333 e. The fraction of sp³-hybridized carbons (Fsp3) is 0.571. The number of hydrogen-bond donors (Lipinski definition) is 1. The van der Waals surface area contributed by atoms with Crippen LogP contribution in [0.1, 0.15) is 6.42 Å². The van der Waals surface area contributed by atoms with Crippen LogP contribution in [0, 0.1) is 5.92 Å². The third-order valence-electron chi connectivity index (χ3n) is 2.03. The quantitative estimate of drug-likeness (QED) is 0.537. The molecule has 2 aliphatic rings. The summed E-state index contributed by atoms with van der Waals surface area (Å²) in [7, 11) is 0.